The zero-order valence-corrected chi connectivity index (χ0v) is 12.2. The number of aromatic nitrogens is 2. The van der Waals surface area contributed by atoms with E-state index in [1.807, 2.05) is 0 Å². The first-order valence-electron chi connectivity index (χ1n) is 6.56. The lowest BCUT2D eigenvalue weighted by Crippen LogP contribution is -2.46. The summed E-state index contributed by atoms with van der Waals surface area (Å²) in [5.74, 6) is -0.428. The van der Waals surface area contributed by atoms with Gasteiger partial charge in [-0.1, -0.05) is 6.07 Å². The molecule has 0 unspecified atom stereocenters. The number of carbonyl (C=O) groups is 1. The smallest absolute Gasteiger partial charge is 0.272 e. The number of hydrogen-bond donors (Lipinski definition) is 2. The second kappa shape index (κ2) is 5.94. The highest BCUT2D eigenvalue weighted by molar-refractivity contribution is 5.92. The normalized spacial score (nSPS) is 11.2. The molecule has 1 heterocycles. The summed E-state index contributed by atoms with van der Waals surface area (Å²) in [6.07, 6.45) is 1.54. The maximum absolute atomic E-state index is 12.0. The van der Waals surface area contributed by atoms with E-state index < -0.39 is 16.4 Å². The number of rotatable bonds is 5. The Morgan fingerprint density at radius 1 is 1.45 bits per heavy atom. The van der Waals surface area contributed by atoms with Gasteiger partial charge in [0.05, 0.1) is 22.8 Å². The molecule has 0 bridgehead atoms. The topological polar surface area (TPSA) is 110 Å². The fraction of sp³-hybridized carbons (Fsp3) is 0.286. The van der Waals surface area contributed by atoms with Crippen LogP contribution in [0.15, 0.2) is 36.5 Å². The van der Waals surface area contributed by atoms with Crippen LogP contribution in [0, 0.1) is 10.1 Å². The van der Waals surface area contributed by atoms with E-state index in [-0.39, 0.29) is 18.0 Å². The Kier molecular flexibility index (Phi) is 4.22. The Bertz CT molecular complexity index is 708. The van der Waals surface area contributed by atoms with E-state index in [4.69, 9.17) is 5.11 Å². The predicted octanol–water partition coefficient (Wildman–Crippen LogP) is 1.28. The van der Waals surface area contributed by atoms with Gasteiger partial charge in [0, 0.05) is 18.3 Å². The summed E-state index contributed by atoms with van der Waals surface area (Å²) >= 11 is 0. The fourth-order valence-corrected chi connectivity index (χ4v) is 1.75. The van der Waals surface area contributed by atoms with Gasteiger partial charge in [0.15, 0.2) is 5.69 Å². The molecule has 0 aliphatic heterocycles. The second-order valence-electron chi connectivity index (χ2n) is 5.42. The predicted molar refractivity (Wildman–Crippen MR) is 78.8 cm³/mol. The molecule has 0 saturated heterocycles. The molecule has 116 valence electrons. The first-order valence-corrected chi connectivity index (χ1v) is 6.56. The van der Waals surface area contributed by atoms with Crippen LogP contribution >= 0.6 is 0 Å². The molecular formula is C14H16N4O4. The lowest BCUT2D eigenvalue weighted by molar-refractivity contribution is -0.384. The molecule has 0 radical (unpaired) electrons. The molecule has 1 amide bonds. The van der Waals surface area contributed by atoms with Crippen molar-refractivity contribution in [1.82, 2.24) is 15.1 Å². The second-order valence-corrected chi connectivity index (χ2v) is 5.42. The summed E-state index contributed by atoms with van der Waals surface area (Å²) in [6.45, 7) is 3.16. The summed E-state index contributed by atoms with van der Waals surface area (Å²) in [5, 5.41) is 26.7. The van der Waals surface area contributed by atoms with Crippen molar-refractivity contribution in [3.05, 3.63) is 52.3 Å². The van der Waals surface area contributed by atoms with E-state index in [0.29, 0.717) is 5.69 Å². The number of carbonyl (C=O) groups excluding carboxylic acids is 1. The maximum Gasteiger partial charge on any atom is 0.272 e. The van der Waals surface area contributed by atoms with Crippen molar-refractivity contribution in [2.75, 3.05) is 6.61 Å². The average Bonchev–Trinajstić information content (AvgIpc) is 2.97. The Hall–Kier alpha value is -2.74. The lowest BCUT2D eigenvalue weighted by atomic mass is 10.1. The zero-order valence-electron chi connectivity index (χ0n) is 12.2. The Morgan fingerprint density at radius 3 is 2.82 bits per heavy atom. The van der Waals surface area contributed by atoms with E-state index in [0.717, 1.165) is 0 Å². The highest BCUT2D eigenvalue weighted by Crippen LogP contribution is 2.16. The molecule has 0 atom stereocenters. The van der Waals surface area contributed by atoms with Crippen LogP contribution in [-0.2, 0) is 0 Å². The minimum Gasteiger partial charge on any atom is -0.394 e. The number of hydrogen-bond acceptors (Lipinski definition) is 5. The number of nitro groups is 1. The van der Waals surface area contributed by atoms with Gasteiger partial charge in [0.25, 0.3) is 11.6 Å². The number of nitrogens with zero attached hydrogens (tertiary/aromatic N) is 3. The molecule has 2 aromatic rings. The molecule has 2 N–H and O–H groups in total. The summed E-state index contributed by atoms with van der Waals surface area (Å²) in [6, 6.07) is 7.45. The van der Waals surface area contributed by atoms with Gasteiger partial charge in [-0.3, -0.25) is 14.9 Å². The van der Waals surface area contributed by atoms with E-state index in [2.05, 4.69) is 10.4 Å². The SMILES string of the molecule is CC(C)(CO)NC(=O)c1ccn(-c2cccc([N+](=O)[O-])c2)n1. The van der Waals surface area contributed by atoms with Gasteiger partial charge in [-0.15, -0.1) is 0 Å². The molecule has 1 aromatic carbocycles. The number of non-ortho nitro benzene ring substituents is 1. The molecule has 0 saturated carbocycles. The van der Waals surface area contributed by atoms with Crippen LogP contribution < -0.4 is 5.32 Å². The van der Waals surface area contributed by atoms with Crippen molar-refractivity contribution in [1.29, 1.82) is 0 Å². The maximum atomic E-state index is 12.0. The van der Waals surface area contributed by atoms with Gasteiger partial charge >= 0.3 is 0 Å². The summed E-state index contributed by atoms with van der Waals surface area (Å²) in [4.78, 5) is 22.3. The van der Waals surface area contributed by atoms with Gasteiger partial charge < -0.3 is 10.4 Å². The minimum absolute atomic E-state index is 0.0552. The van der Waals surface area contributed by atoms with Crippen molar-refractivity contribution in [2.24, 2.45) is 0 Å². The number of amides is 1. The lowest BCUT2D eigenvalue weighted by Gasteiger charge is -2.22. The Balaban J connectivity index is 2.23. The quantitative estimate of drug-likeness (QED) is 0.638. The van der Waals surface area contributed by atoms with Crippen molar-refractivity contribution in [2.45, 2.75) is 19.4 Å². The van der Waals surface area contributed by atoms with Crippen LogP contribution in [0.2, 0.25) is 0 Å². The van der Waals surface area contributed by atoms with Crippen LogP contribution in [0.5, 0.6) is 0 Å². The van der Waals surface area contributed by atoms with Crippen LogP contribution in [0.4, 0.5) is 5.69 Å². The largest absolute Gasteiger partial charge is 0.394 e. The molecule has 0 aliphatic carbocycles. The van der Waals surface area contributed by atoms with Crippen LogP contribution in [0.25, 0.3) is 5.69 Å². The van der Waals surface area contributed by atoms with Gasteiger partial charge in [-0.25, -0.2) is 4.68 Å². The summed E-state index contributed by atoms with van der Waals surface area (Å²) < 4.78 is 1.38. The molecule has 22 heavy (non-hydrogen) atoms. The molecule has 2 rings (SSSR count). The Labute approximate surface area is 126 Å². The third kappa shape index (κ3) is 3.47. The van der Waals surface area contributed by atoms with Crippen LogP contribution in [0.3, 0.4) is 0 Å². The first kappa shape index (κ1) is 15.6. The fourth-order valence-electron chi connectivity index (χ4n) is 1.75. The monoisotopic (exact) mass is 304 g/mol. The highest BCUT2D eigenvalue weighted by Gasteiger charge is 2.21. The minimum atomic E-state index is -0.758. The average molecular weight is 304 g/mol. The number of nitrogens with one attached hydrogen (secondary N) is 1. The van der Waals surface area contributed by atoms with E-state index >= 15 is 0 Å². The number of aliphatic hydroxyl groups is 1. The molecule has 0 aliphatic rings. The van der Waals surface area contributed by atoms with E-state index in [1.165, 1.54) is 22.9 Å². The van der Waals surface area contributed by atoms with Gasteiger partial charge in [-0.05, 0) is 26.0 Å². The molecule has 8 heteroatoms. The first-order chi connectivity index (χ1) is 10.3. The van der Waals surface area contributed by atoms with E-state index in [1.54, 1.807) is 32.2 Å². The number of aliphatic hydroxyl groups excluding tert-OH is 1. The molecule has 8 nitrogen and oxygen atoms in total. The number of benzene rings is 1. The summed E-state index contributed by atoms with van der Waals surface area (Å²) in [5.41, 5.74) is -0.171. The standard InChI is InChI=1S/C14H16N4O4/c1-14(2,9-19)15-13(20)12-6-7-17(16-12)10-4-3-5-11(8-10)18(21)22/h3-8,19H,9H2,1-2H3,(H,15,20). The van der Waals surface area contributed by atoms with Gasteiger partial charge in [0.2, 0.25) is 0 Å². The van der Waals surface area contributed by atoms with Crippen molar-refractivity contribution < 1.29 is 14.8 Å². The number of nitro benzene ring substituents is 1. The Morgan fingerprint density at radius 2 is 2.18 bits per heavy atom. The summed E-state index contributed by atoms with van der Waals surface area (Å²) in [7, 11) is 0. The van der Waals surface area contributed by atoms with Crippen molar-refractivity contribution in [3.63, 3.8) is 0 Å². The highest BCUT2D eigenvalue weighted by atomic mass is 16.6. The third-order valence-electron chi connectivity index (χ3n) is 2.97. The van der Waals surface area contributed by atoms with Crippen LogP contribution in [0.1, 0.15) is 24.3 Å². The zero-order chi connectivity index (χ0) is 16.3. The molecule has 0 spiro atoms. The van der Waals surface area contributed by atoms with Crippen molar-refractivity contribution >= 4 is 11.6 Å². The van der Waals surface area contributed by atoms with E-state index in [9.17, 15) is 14.9 Å². The molecule has 0 fully saturated rings. The molecular weight excluding hydrogens is 288 g/mol. The van der Waals surface area contributed by atoms with Crippen LogP contribution in [-0.4, -0.2) is 37.9 Å². The molecule has 1 aromatic heterocycles. The van der Waals surface area contributed by atoms with Gasteiger partial charge in [0.1, 0.15) is 0 Å². The van der Waals surface area contributed by atoms with Gasteiger partial charge in [-0.2, -0.15) is 5.10 Å². The third-order valence-corrected chi connectivity index (χ3v) is 2.97. The van der Waals surface area contributed by atoms with Crippen molar-refractivity contribution in [3.8, 4) is 5.69 Å².